The summed E-state index contributed by atoms with van der Waals surface area (Å²) in [6.45, 7) is 9.31. The van der Waals surface area contributed by atoms with Crippen LogP contribution in [0.3, 0.4) is 0 Å². The van der Waals surface area contributed by atoms with Crippen molar-refractivity contribution >= 4 is 22.6 Å². The van der Waals surface area contributed by atoms with Gasteiger partial charge in [-0.15, -0.1) is 0 Å². The summed E-state index contributed by atoms with van der Waals surface area (Å²) < 4.78 is 1.99. The molecule has 0 bridgehead atoms. The minimum Gasteiger partial charge on any atom is -0.399 e. The van der Waals surface area contributed by atoms with E-state index in [1.807, 2.05) is 29.7 Å². The van der Waals surface area contributed by atoms with E-state index in [-0.39, 0.29) is 17.9 Å². The first-order valence-electron chi connectivity index (χ1n) is 7.36. The van der Waals surface area contributed by atoms with Crippen molar-refractivity contribution < 1.29 is 4.79 Å². The molecule has 1 aromatic carbocycles. The smallest absolute Gasteiger partial charge is 0.240 e. The number of fused-ring (bicyclic) bond motifs is 1. The predicted molar refractivity (Wildman–Crippen MR) is 86.1 cm³/mol. The summed E-state index contributed by atoms with van der Waals surface area (Å²) in [5, 5.41) is 2.91. The van der Waals surface area contributed by atoms with E-state index < -0.39 is 0 Å². The molecule has 0 unspecified atom stereocenters. The first-order chi connectivity index (χ1) is 9.82. The van der Waals surface area contributed by atoms with Crippen molar-refractivity contribution in [2.24, 2.45) is 0 Å². The third-order valence-electron chi connectivity index (χ3n) is 3.32. The number of nitrogens with one attached hydrogen (secondary N) is 1. The Morgan fingerprint density at radius 1 is 1.38 bits per heavy atom. The number of rotatable bonds is 4. The van der Waals surface area contributed by atoms with Crippen molar-refractivity contribution in [2.45, 2.75) is 46.1 Å². The molecule has 2 rings (SSSR count). The van der Waals surface area contributed by atoms with E-state index in [1.165, 1.54) is 0 Å². The van der Waals surface area contributed by atoms with Crippen LogP contribution < -0.4 is 11.1 Å². The molecule has 0 fully saturated rings. The summed E-state index contributed by atoms with van der Waals surface area (Å²) in [6, 6.07) is 5.63. The molecule has 0 atom stereocenters. The molecule has 114 valence electrons. The van der Waals surface area contributed by atoms with Gasteiger partial charge in [-0.1, -0.05) is 27.7 Å². The van der Waals surface area contributed by atoms with E-state index in [1.54, 1.807) is 0 Å². The van der Waals surface area contributed by atoms with Crippen molar-refractivity contribution in [1.29, 1.82) is 0 Å². The molecule has 0 spiro atoms. The molecule has 1 aromatic heterocycles. The lowest BCUT2D eigenvalue weighted by atomic mass is 9.95. The van der Waals surface area contributed by atoms with Gasteiger partial charge in [0, 0.05) is 17.6 Å². The fourth-order valence-electron chi connectivity index (χ4n) is 2.34. The monoisotopic (exact) mass is 288 g/mol. The normalized spacial score (nSPS) is 11.8. The molecule has 3 N–H and O–H groups in total. The zero-order chi connectivity index (χ0) is 15.6. The topological polar surface area (TPSA) is 72.9 Å². The highest BCUT2D eigenvalue weighted by atomic mass is 16.1. The highest BCUT2D eigenvalue weighted by Gasteiger charge is 2.24. The zero-order valence-corrected chi connectivity index (χ0v) is 13.2. The van der Waals surface area contributed by atoms with Crippen LogP contribution in [0.2, 0.25) is 0 Å². The lowest BCUT2D eigenvalue weighted by molar-refractivity contribution is -0.121. The number of anilines is 1. The molecule has 0 saturated carbocycles. The van der Waals surface area contributed by atoms with Crippen molar-refractivity contribution in [2.75, 3.05) is 12.3 Å². The Morgan fingerprint density at radius 3 is 2.71 bits per heavy atom. The number of aromatic nitrogens is 2. The van der Waals surface area contributed by atoms with Crippen LogP contribution in [-0.4, -0.2) is 22.0 Å². The Morgan fingerprint density at radius 2 is 2.10 bits per heavy atom. The minimum atomic E-state index is -0.140. The third-order valence-corrected chi connectivity index (χ3v) is 3.32. The maximum atomic E-state index is 12.1. The summed E-state index contributed by atoms with van der Waals surface area (Å²) in [5.74, 6) is 0.910. The van der Waals surface area contributed by atoms with Gasteiger partial charge in [0.2, 0.25) is 5.91 Å². The van der Waals surface area contributed by atoms with Crippen LogP contribution in [0.5, 0.6) is 0 Å². The number of carbonyl (C=O) groups is 1. The minimum absolute atomic E-state index is 0.0125. The highest BCUT2D eigenvalue weighted by molar-refractivity contribution is 5.83. The molecule has 0 radical (unpaired) electrons. The average molecular weight is 288 g/mol. The molecule has 21 heavy (non-hydrogen) atoms. The maximum absolute atomic E-state index is 12.1. The van der Waals surface area contributed by atoms with Crippen LogP contribution in [0.25, 0.3) is 11.0 Å². The molecular formula is C16H24N4O. The quantitative estimate of drug-likeness (QED) is 0.849. The summed E-state index contributed by atoms with van der Waals surface area (Å²) in [4.78, 5) is 16.8. The van der Waals surface area contributed by atoms with Gasteiger partial charge in [-0.25, -0.2) is 4.98 Å². The molecule has 1 amide bonds. The van der Waals surface area contributed by atoms with E-state index in [4.69, 9.17) is 5.73 Å². The lowest BCUT2D eigenvalue weighted by Crippen LogP contribution is -2.30. The van der Waals surface area contributed by atoms with Gasteiger partial charge in [0.05, 0.1) is 11.0 Å². The first kappa shape index (κ1) is 15.4. The van der Waals surface area contributed by atoms with Gasteiger partial charge in [0.25, 0.3) is 0 Å². The number of nitrogens with two attached hydrogens (primary N) is 1. The molecule has 0 aliphatic heterocycles. The summed E-state index contributed by atoms with van der Waals surface area (Å²) >= 11 is 0. The summed E-state index contributed by atoms with van der Waals surface area (Å²) in [7, 11) is 0. The highest BCUT2D eigenvalue weighted by Crippen LogP contribution is 2.27. The Labute approximate surface area is 125 Å². The van der Waals surface area contributed by atoms with Crippen molar-refractivity contribution in [3.05, 3.63) is 24.0 Å². The lowest BCUT2D eigenvalue weighted by Gasteiger charge is -2.20. The van der Waals surface area contributed by atoms with Gasteiger partial charge in [-0.05, 0) is 24.6 Å². The van der Waals surface area contributed by atoms with Gasteiger partial charge in [0.1, 0.15) is 12.4 Å². The van der Waals surface area contributed by atoms with E-state index in [9.17, 15) is 4.79 Å². The molecule has 0 aliphatic carbocycles. The average Bonchev–Trinajstić information content (AvgIpc) is 2.74. The van der Waals surface area contributed by atoms with Crippen LogP contribution in [0.15, 0.2) is 18.2 Å². The van der Waals surface area contributed by atoms with Crippen LogP contribution in [-0.2, 0) is 16.8 Å². The standard InChI is InChI=1S/C16H24N4O/c1-5-8-18-14(21)10-20-13-7-6-11(17)9-12(13)19-15(20)16(2,3)4/h6-7,9H,5,8,10,17H2,1-4H3,(H,18,21). The van der Waals surface area contributed by atoms with E-state index in [0.717, 1.165) is 23.3 Å². The number of imidazole rings is 1. The van der Waals surface area contributed by atoms with Crippen LogP contribution in [0.1, 0.15) is 39.9 Å². The van der Waals surface area contributed by atoms with E-state index in [0.29, 0.717) is 12.2 Å². The van der Waals surface area contributed by atoms with Gasteiger partial charge >= 0.3 is 0 Å². The molecule has 5 heteroatoms. The number of nitrogen functional groups attached to an aromatic ring is 1. The van der Waals surface area contributed by atoms with Crippen LogP contribution in [0, 0.1) is 0 Å². The van der Waals surface area contributed by atoms with E-state index in [2.05, 4.69) is 31.1 Å². The largest absolute Gasteiger partial charge is 0.399 e. The van der Waals surface area contributed by atoms with Gasteiger partial charge < -0.3 is 15.6 Å². The number of carbonyl (C=O) groups excluding carboxylic acids is 1. The maximum Gasteiger partial charge on any atom is 0.240 e. The van der Waals surface area contributed by atoms with Gasteiger partial charge in [-0.3, -0.25) is 4.79 Å². The van der Waals surface area contributed by atoms with Crippen molar-refractivity contribution in [3.63, 3.8) is 0 Å². The second-order valence-electron chi connectivity index (χ2n) is 6.37. The Hall–Kier alpha value is -2.04. The number of hydrogen-bond donors (Lipinski definition) is 2. The Kier molecular flexibility index (Phi) is 4.21. The number of amides is 1. The van der Waals surface area contributed by atoms with Crippen LogP contribution in [0.4, 0.5) is 5.69 Å². The number of hydrogen-bond acceptors (Lipinski definition) is 3. The molecule has 0 saturated heterocycles. The van der Waals surface area contributed by atoms with Gasteiger partial charge in [-0.2, -0.15) is 0 Å². The van der Waals surface area contributed by atoms with Crippen LogP contribution >= 0.6 is 0 Å². The Bertz CT molecular complexity index is 652. The summed E-state index contributed by atoms with van der Waals surface area (Å²) in [5.41, 5.74) is 8.16. The molecular weight excluding hydrogens is 264 g/mol. The van der Waals surface area contributed by atoms with E-state index >= 15 is 0 Å². The zero-order valence-electron chi connectivity index (χ0n) is 13.2. The summed E-state index contributed by atoms with van der Waals surface area (Å²) in [6.07, 6.45) is 0.930. The molecule has 2 aromatic rings. The molecule has 0 aliphatic rings. The fraction of sp³-hybridized carbons (Fsp3) is 0.500. The van der Waals surface area contributed by atoms with Gasteiger partial charge in [0.15, 0.2) is 0 Å². The Balaban J connectivity index is 2.46. The first-order valence-corrected chi connectivity index (χ1v) is 7.36. The third kappa shape index (κ3) is 3.35. The fourth-order valence-corrected chi connectivity index (χ4v) is 2.34. The molecule has 5 nitrogen and oxygen atoms in total. The second kappa shape index (κ2) is 5.76. The number of nitrogens with zero attached hydrogens (tertiary/aromatic N) is 2. The molecule has 1 heterocycles. The number of benzene rings is 1. The predicted octanol–water partition coefficient (Wildman–Crippen LogP) is 2.44. The van der Waals surface area contributed by atoms with Crippen molar-refractivity contribution in [1.82, 2.24) is 14.9 Å². The van der Waals surface area contributed by atoms with Crippen molar-refractivity contribution in [3.8, 4) is 0 Å². The SMILES string of the molecule is CCCNC(=O)Cn1c(C(C)(C)C)nc2cc(N)ccc21. The second-order valence-corrected chi connectivity index (χ2v) is 6.37.